The topological polar surface area (TPSA) is 73.9 Å². The van der Waals surface area contributed by atoms with Gasteiger partial charge >= 0.3 is 5.97 Å². The van der Waals surface area contributed by atoms with Gasteiger partial charge in [-0.2, -0.15) is 0 Å². The third-order valence-electron chi connectivity index (χ3n) is 4.41. The first-order valence-corrected chi connectivity index (χ1v) is 9.34. The summed E-state index contributed by atoms with van der Waals surface area (Å²) >= 11 is 0. The minimum absolute atomic E-state index is 0.377. The van der Waals surface area contributed by atoms with Gasteiger partial charge in [-0.15, -0.1) is 0 Å². The van der Waals surface area contributed by atoms with Crippen molar-refractivity contribution in [2.24, 2.45) is 0 Å². The van der Waals surface area contributed by atoms with E-state index in [2.05, 4.69) is 5.32 Å². The van der Waals surface area contributed by atoms with E-state index in [1.807, 2.05) is 31.2 Å². The van der Waals surface area contributed by atoms with Crippen molar-refractivity contribution in [3.63, 3.8) is 0 Å². The Morgan fingerprint density at radius 1 is 0.966 bits per heavy atom. The summed E-state index contributed by atoms with van der Waals surface area (Å²) < 4.78 is 16.1. The van der Waals surface area contributed by atoms with Crippen molar-refractivity contribution >= 4 is 28.3 Å². The number of esters is 1. The average Bonchev–Trinajstić information content (AvgIpc) is 2.74. The first kappa shape index (κ1) is 20.2. The van der Waals surface area contributed by atoms with Crippen LogP contribution in [-0.2, 0) is 9.53 Å². The third-order valence-corrected chi connectivity index (χ3v) is 4.41. The number of ether oxygens (including phenoxy) is 3. The Bertz CT molecular complexity index is 1010. The number of amides is 1. The van der Waals surface area contributed by atoms with Gasteiger partial charge in [0.1, 0.15) is 11.5 Å². The zero-order valence-corrected chi connectivity index (χ0v) is 16.6. The lowest BCUT2D eigenvalue weighted by molar-refractivity contribution is -0.123. The van der Waals surface area contributed by atoms with Gasteiger partial charge in [-0.05, 0) is 55.6 Å². The summed E-state index contributed by atoms with van der Waals surface area (Å²) in [6.07, 6.45) is -0.963. The maximum absolute atomic E-state index is 12.7. The number of carbonyl (C=O) groups excluding carboxylic acids is 2. The molecule has 0 aliphatic carbocycles. The first-order valence-electron chi connectivity index (χ1n) is 9.34. The molecule has 0 heterocycles. The number of carbonyl (C=O) groups is 2. The molecule has 0 spiro atoms. The van der Waals surface area contributed by atoms with Crippen molar-refractivity contribution in [1.82, 2.24) is 0 Å². The number of rotatable bonds is 7. The van der Waals surface area contributed by atoms with Gasteiger partial charge in [0, 0.05) is 11.1 Å². The molecule has 1 atom stereocenters. The number of benzene rings is 3. The second kappa shape index (κ2) is 9.10. The molecule has 3 aromatic carbocycles. The Hall–Kier alpha value is -3.54. The molecule has 0 saturated carbocycles. The maximum Gasteiger partial charge on any atom is 0.339 e. The molecule has 1 N–H and O–H groups in total. The molecule has 1 amide bonds. The molecule has 3 rings (SSSR count). The number of methoxy groups -OCH3 is 1. The van der Waals surface area contributed by atoms with Crippen molar-refractivity contribution in [1.29, 1.82) is 0 Å². The molecule has 0 fully saturated rings. The van der Waals surface area contributed by atoms with E-state index in [0.717, 1.165) is 11.1 Å². The van der Waals surface area contributed by atoms with E-state index < -0.39 is 18.0 Å². The molecular weight excluding hydrogens is 370 g/mol. The van der Waals surface area contributed by atoms with Gasteiger partial charge < -0.3 is 19.5 Å². The van der Waals surface area contributed by atoms with Crippen molar-refractivity contribution in [2.45, 2.75) is 20.0 Å². The lowest BCUT2D eigenvalue weighted by atomic mass is 10.0. The van der Waals surface area contributed by atoms with Crippen LogP contribution < -0.4 is 14.8 Å². The fourth-order valence-electron chi connectivity index (χ4n) is 2.95. The Balaban J connectivity index is 1.70. The smallest absolute Gasteiger partial charge is 0.339 e. The van der Waals surface area contributed by atoms with Crippen LogP contribution in [0.3, 0.4) is 0 Å². The first-order chi connectivity index (χ1) is 14.0. The van der Waals surface area contributed by atoms with E-state index in [4.69, 9.17) is 14.2 Å². The molecule has 150 valence electrons. The third kappa shape index (κ3) is 4.66. The number of hydrogen-bond acceptors (Lipinski definition) is 5. The molecule has 6 nitrogen and oxygen atoms in total. The normalized spacial score (nSPS) is 11.6. The minimum Gasteiger partial charge on any atom is -0.496 e. The van der Waals surface area contributed by atoms with Gasteiger partial charge in [0.15, 0.2) is 6.10 Å². The minimum atomic E-state index is -0.963. The molecule has 0 saturated heterocycles. The molecular formula is C23H23NO5. The van der Waals surface area contributed by atoms with E-state index in [0.29, 0.717) is 29.0 Å². The van der Waals surface area contributed by atoms with E-state index >= 15 is 0 Å². The molecule has 0 unspecified atom stereocenters. The van der Waals surface area contributed by atoms with Gasteiger partial charge in [0.05, 0.1) is 19.3 Å². The Labute approximate surface area is 169 Å². The number of fused-ring (bicyclic) bond motifs is 1. The highest BCUT2D eigenvalue weighted by Gasteiger charge is 2.21. The molecule has 3 aromatic rings. The van der Waals surface area contributed by atoms with E-state index in [1.165, 1.54) is 6.92 Å². The van der Waals surface area contributed by atoms with Gasteiger partial charge in [0.2, 0.25) is 0 Å². The van der Waals surface area contributed by atoms with Gasteiger partial charge in [-0.3, -0.25) is 4.79 Å². The second-order valence-corrected chi connectivity index (χ2v) is 6.36. The van der Waals surface area contributed by atoms with Gasteiger partial charge in [-0.1, -0.05) is 24.3 Å². The molecule has 0 aliphatic heterocycles. The standard InChI is InChI=1S/C23H23NO5/c1-4-28-17-11-9-16(10-12-17)24-22(25)15(2)29-23(26)20-13-14-21(27-3)19-8-6-5-7-18(19)20/h5-15H,4H2,1-3H3,(H,24,25)/t15-/m0/s1. The van der Waals surface area contributed by atoms with Crippen LogP contribution in [0.2, 0.25) is 0 Å². The highest BCUT2D eigenvalue weighted by molar-refractivity contribution is 6.07. The summed E-state index contributed by atoms with van der Waals surface area (Å²) in [5, 5.41) is 4.24. The molecule has 0 radical (unpaired) electrons. The van der Waals surface area contributed by atoms with Crippen molar-refractivity contribution < 1.29 is 23.8 Å². The quantitative estimate of drug-likeness (QED) is 0.601. The van der Waals surface area contributed by atoms with Gasteiger partial charge in [-0.25, -0.2) is 4.79 Å². The van der Waals surface area contributed by atoms with Crippen LogP contribution in [0.25, 0.3) is 10.8 Å². The number of anilines is 1. The van der Waals surface area contributed by atoms with Crippen LogP contribution >= 0.6 is 0 Å². The molecule has 6 heteroatoms. The number of hydrogen-bond donors (Lipinski definition) is 1. The fraction of sp³-hybridized carbons (Fsp3) is 0.217. The maximum atomic E-state index is 12.7. The fourth-order valence-corrected chi connectivity index (χ4v) is 2.95. The second-order valence-electron chi connectivity index (χ2n) is 6.36. The predicted octanol–water partition coefficient (Wildman–Crippen LogP) is 4.43. The predicted molar refractivity (Wildman–Crippen MR) is 112 cm³/mol. The Morgan fingerprint density at radius 3 is 2.31 bits per heavy atom. The van der Waals surface area contributed by atoms with Crippen LogP contribution in [0.4, 0.5) is 5.69 Å². The van der Waals surface area contributed by atoms with Crippen LogP contribution in [0.15, 0.2) is 60.7 Å². The lowest BCUT2D eigenvalue weighted by Crippen LogP contribution is -2.30. The van der Waals surface area contributed by atoms with Crippen LogP contribution in [0.5, 0.6) is 11.5 Å². The van der Waals surface area contributed by atoms with Crippen LogP contribution in [-0.4, -0.2) is 31.7 Å². The van der Waals surface area contributed by atoms with Crippen molar-refractivity contribution in [3.8, 4) is 11.5 Å². The monoisotopic (exact) mass is 393 g/mol. The summed E-state index contributed by atoms with van der Waals surface area (Å²) in [4.78, 5) is 25.1. The van der Waals surface area contributed by atoms with E-state index in [1.54, 1.807) is 43.5 Å². The Kier molecular flexibility index (Phi) is 6.34. The average molecular weight is 393 g/mol. The highest BCUT2D eigenvalue weighted by Crippen LogP contribution is 2.29. The zero-order chi connectivity index (χ0) is 20.8. The summed E-state index contributed by atoms with van der Waals surface area (Å²) in [7, 11) is 1.58. The summed E-state index contributed by atoms with van der Waals surface area (Å²) in [6, 6.07) is 17.7. The van der Waals surface area contributed by atoms with E-state index in [9.17, 15) is 9.59 Å². The number of nitrogens with one attached hydrogen (secondary N) is 1. The lowest BCUT2D eigenvalue weighted by Gasteiger charge is -2.15. The summed E-state index contributed by atoms with van der Waals surface area (Å²) in [6.45, 7) is 4.00. The SMILES string of the molecule is CCOc1ccc(NC(=O)[C@H](C)OC(=O)c2ccc(OC)c3ccccc23)cc1. The van der Waals surface area contributed by atoms with E-state index in [-0.39, 0.29) is 0 Å². The van der Waals surface area contributed by atoms with Crippen LogP contribution in [0, 0.1) is 0 Å². The Morgan fingerprint density at radius 2 is 1.66 bits per heavy atom. The zero-order valence-electron chi connectivity index (χ0n) is 16.6. The van der Waals surface area contributed by atoms with Crippen molar-refractivity contribution in [2.75, 3.05) is 19.0 Å². The van der Waals surface area contributed by atoms with Gasteiger partial charge in [0.25, 0.3) is 5.91 Å². The van der Waals surface area contributed by atoms with Crippen LogP contribution in [0.1, 0.15) is 24.2 Å². The molecule has 0 bridgehead atoms. The largest absolute Gasteiger partial charge is 0.496 e. The van der Waals surface area contributed by atoms with Crippen molar-refractivity contribution in [3.05, 3.63) is 66.2 Å². The highest BCUT2D eigenvalue weighted by atomic mass is 16.5. The summed E-state index contributed by atoms with van der Waals surface area (Å²) in [5.74, 6) is 0.397. The molecule has 0 aromatic heterocycles. The molecule has 0 aliphatic rings. The summed E-state index contributed by atoms with van der Waals surface area (Å²) in [5.41, 5.74) is 0.971. The molecule has 29 heavy (non-hydrogen) atoms.